The SMILES string of the molecule is O=C1C=CC2(OCCCO2)[C@H]2O[C@@H]12. The van der Waals surface area contributed by atoms with Crippen molar-refractivity contribution in [2.45, 2.75) is 24.4 Å². The lowest BCUT2D eigenvalue weighted by molar-refractivity contribution is -0.246. The minimum absolute atomic E-state index is 0.0217. The van der Waals surface area contributed by atoms with E-state index in [9.17, 15) is 4.79 Å². The van der Waals surface area contributed by atoms with E-state index in [-0.39, 0.29) is 18.0 Å². The third-order valence-electron chi connectivity index (χ3n) is 2.59. The van der Waals surface area contributed by atoms with E-state index in [1.807, 2.05) is 0 Å². The summed E-state index contributed by atoms with van der Waals surface area (Å²) >= 11 is 0. The summed E-state index contributed by atoms with van der Waals surface area (Å²) in [7, 11) is 0. The monoisotopic (exact) mass is 182 g/mol. The molecule has 2 saturated heterocycles. The van der Waals surface area contributed by atoms with Crippen LogP contribution in [-0.2, 0) is 19.0 Å². The molecule has 4 nitrogen and oxygen atoms in total. The van der Waals surface area contributed by atoms with E-state index in [0.717, 1.165) is 6.42 Å². The molecule has 1 spiro atoms. The fraction of sp³-hybridized carbons (Fsp3) is 0.667. The van der Waals surface area contributed by atoms with E-state index in [4.69, 9.17) is 14.2 Å². The quantitative estimate of drug-likeness (QED) is 0.496. The fourth-order valence-corrected chi connectivity index (χ4v) is 1.85. The molecule has 2 heterocycles. The Kier molecular flexibility index (Phi) is 1.42. The molecule has 0 aromatic rings. The van der Waals surface area contributed by atoms with Crippen molar-refractivity contribution in [1.82, 2.24) is 0 Å². The second-order valence-electron chi connectivity index (χ2n) is 3.48. The molecule has 0 bridgehead atoms. The van der Waals surface area contributed by atoms with Crippen LogP contribution in [0.25, 0.3) is 0 Å². The first-order valence-corrected chi connectivity index (χ1v) is 4.48. The molecule has 2 atom stereocenters. The van der Waals surface area contributed by atoms with E-state index in [2.05, 4.69) is 0 Å². The molecular formula is C9H10O4. The summed E-state index contributed by atoms with van der Waals surface area (Å²) < 4.78 is 16.3. The van der Waals surface area contributed by atoms with Crippen LogP contribution in [0, 0.1) is 0 Å². The van der Waals surface area contributed by atoms with Gasteiger partial charge >= 0.3 is 0 Å². The van der Waals surface area contributed by atoms with Crippen molar-refractivity contribution >= 4 is 5.78 Å². The van der Waals surface area contributed by atoms with Crippen LogP contribution >= 0.6 is 0 Å². The Hall–Kier alpha value is -0.710. The Bertz CT molecular complexity index is 277. The van der Waals surface area contributed by atoms with Crippen molar-refractivity contribution in [3.63, 3.8) is 0 Å². The van der Waals surface area contributed by atoms with Gasteiger partial charge in [0.25, 0.3) is 0 Å². The molecule has 70 valence electrons. The van der Waals surface area contributed by atoms with Gasteiger partial charge in [-0.15, -0.1) is 0 Å². The summed E-state index contributed by atoms with van der Waals surface area (Å²) in [5.74, 6) is -0.731. The molecule has 3 aliphatic rings. The predicted molar refractivity (Wildman–Crippen MR) is 42.1 cm³/mol. The normalized spacial score (nSPS) is 40.5. The Morgan fingerprint density at radius 1 is 1.38 bits per heavy atom. The Morgan fingerprint density at radius 2 is 2.15 bits per heavy atom. The molecule has 3 rings (SSSR count). The minimum atomic E-state index is -0.753. The summed E-state index contributed by atoms with van der Waals surface area (Å²) in [6, 6.07) is 0. The number of hydrogen-bond donors (Lipinski definition) is 0. The number of hydrogen-bond acceptors (Lipinski definition) is 4. The standard InChI is InChI=1S/C9H10O4/c10-6-2-3-9(8-7(6)13-8)11-4-1-5-12-9/h2-3,7-8H,1,4-5H2/t7-,8-/m0/s1. The third-order valence-corrected chi connectivity index (χ3v) is 2.59. The Labute approximate surface area is 75.5 Å². The molecule has 0 aromatic carbocycles. The largest absolute Gasteiger partial charge is 0.355 e. The lowest BCUT2D eigenvalue weighted by atomic mass is 10.00. The van der Waals surface area contributed by atoms with Gasteiger partial charge in [0.15, 0.2) is 11.9 Å². The maximum absolute atomic E-state index is 11.1. The van der Waals surface area contributed by atoms with Gasteiger partial charge in [-0.2, -0.15) is 0 Å². The molecule has 13 heavy (non-hydrogen) atoms. The van der Waals surface area contributed by atoms with E-state index < -0.39 is 5.79 Å². The van der Waals surface area contributed by atoms with Gasteiger partial charge < -0.3 is 14.2 Å². The molecule has 0 N–H and O–H groups in total. The first kappa shape index (κ1) is 7.67. The van der Waals surface area contributed by atoms with Crippen molar-refractivity contribution in [3.05, 3.63) is 12.2 Å². The molecule has 2 aliphatic heterocycles. The van der Waals surface area contributed by atoms with Crippen LogP contribution in [0.15, 0.2) is 12.2 Å². The highest BCUT2D eigenvalue weighted by Crippen LogP contribution is 2.42. The summed E-state index contributed by atoms with van der Waals surface area (Å²) in [6.45, 7) is 1.34. The molecule has 1 aliphatic carbocycles. The van der Waals surface area contributed by atoms with Crippen LogP contribution in [0.5, 0.6) is 0 Å². The number of carbonyl (C=O) groups excluding carboxylic acids is 1. The van der Waals surface area contributed by atoms with Crippen molar-refractivity contribution in [1.29, 1.82) is 0 Å². The highest BCUT2D eigenvalue weighted by molar-refractivity contribution is 5.97. The van der Waals surface area contributed by atoms with E-state index in [0.29, 0.717) is 13.2 Å². The zero-order chi connectivity index (χ0) is 8.89. The smallest absolute Gasteiger partial charge is 0.218 e. The average molecular weight is 182 g/mol. The van der Waals surface area contributed by atoms with Crippen LogP contribution in [-0.4, -0.2) is 37.0 Å². The summed E-state index contributed by atoms with van der Waals surface area (Å²) in [5.41, 5.74) is 0. The van der Waals surface area contributed by atoms with Crippen LogP contribution < -0.4 is 0 Å². The first-order valence-electron chi connectivity index (χ1n) is 4.48. The first-order chi connectivity index (χ1) is 6.32. The maximum Gasteiger partial charge on any atom is 0.218 e. The molecule has 0 unspecified atom stereocenters. The molecule has 0 amide bonds. The van der Waals surface area contributed by atoms with Crippen molar-refractivity contribution in [2.24, 2.45) is 0 Å². The third kappa shape index (κ3) is 0.995. The second-order valence-corrected chi connectivity index (χ2v) is 3.48. The van der Waals surface area contributed by atoms with Crippen LogP contribution in [0.2, 0.25) is 0 Å². The fourth-order valence-electron chi connectivity index (χ4n) is 1.85. The minimum Gasteiger partial charge on any atom is -0.355 e. The number of epoxide rings is 1. The zero-order valence-electron chi connectivity index (χ0n) is 7.06. The van der Waals surface area contributed by atoms with Gasteiger partial charge in [-0.05, 0) is 18.6 Å². The van der Waals surface area contributed by atoms with Gasteiger partial charge in [0, 0.05) is 0 Å². The number of carbonyl (C=O) groups is 1. The van der Waals surface area contributed by atoms with Gasteiger partial charge in [0.1, 0.15) is 6.10 Å². The van der Waals surface area contributed by atoms with Gasteiger partial charge in [-0.3, -0.25) is 4.79 Å². The average Bonchev–Trinajstić information content (AvgIpc) is 2.95. The number of ketones is 1. The van der Waals surface area contributed by atoms with Crippen molar-refractivity contribution < 1.29 is 19.0 Å². The predicted octanol–water partition coefficient (Wildman–Crippen LogP) is 0.0259. The van der Waals surface area contributed by atoms with Crippen LogP contribution in [0.1, 0.15) is 6.42 Å². The number of fused-ring (bicyclic) bond motifs is 2. The Balaban J connectivity index is 1.90. The summed E-state index contributed by atoms with van der Waals surface area (Å²) in [6.07, 6.45) is 3.57. The number of rotatable bonds is 0. The van der Waals surface area contributed by atoms with Gasteiger partial charge in [0.2, 0.25) is 5.79 Å². The van der Waals surface area contributed by atoms with Crippen LogP contribution in [0.4, 0.5) is 0 Å². The van der Waals surface area contributed by atoms with Crippen molar-refractivity contribution in [3.8, 4) is 0 Å². The number of ether oxygens (including phenoxy) is 3. The lowest BCUT2D eigenvalue weighted by Gasteiger charge is -2.34. The molecule has 0 radical (unpaired) electrons. The van der Waals surface area contributed by atoms with E-state index in [1.54, 1.807) is 6.08 Å². The van der Waals surface area contributed by atoms with Crippen molar-refractivity contribution in [2.75, 3.05) is 13.2 Å². The van der Waals surface area contributed by atoms with Crippen LogP contribution in [0.3, 0.4) is 0 Å². The molecule has 0 saturated carbocycles. The topological polar surface area (TPSA) is 48.1 Å². The highest BCUT2D eigenvalue weighted by Gasteiger charge is 2.61. The maximum atomic E-state index is 11.1. The molecule has 0 aromatic heterocycles. The lowest BCUT2D eigenvalue weighted by Crippen LogP contribution is -2.47. The highest BCUT2D eigenvalue weighted by atomic mass is 16.7. The van der Waals surface area contributed by atoms with Gasteiger partial charge in [-0.1, -0.05) is 0 Å². The summed E-state index contributed by atoms with van der Waals surface area (Å²) in [4.78, 5) is 11.1. The summed E-state index contributed by atoms with van der Waals surface area (Å²) in [5, 5.41) is 0. The van der Waals surface area contributed by atoms with Gasteiger partial charge in [0.05, 0.1) is 13.2 Å². The van der Waals surface area contributed by atoms with E-state index >= 15 is 0 Å². The molecule has 4 heteroatoms. The van der Waals surface area contributed by atoms with Gasteiger partial charge in [-0.25, -0.2) is 0 Å². The molecular weight excluding hydrogens is 172 g/mol. The zero-order valence-corrected chi connectivity index (χ0v) is 7.06. The van der Waals surface area contributed by atoms with E-state index in [1.165, 1.54) is 6.08 Å². The molecule has 2 fully saturated rings. The Morgan fingerprint density at radius 3 is 2.92 bits per heavy atom. The second kappa shape index (κ2) is 2.41.